The van der Waals surface area contributed by atoms with Gasteiger partial charge in [-0.05, 0) is 48.7 Å². The monoisotopic (exact) mass is 436 g/mol. The summed E-state index contributed by atoms with van der Waals surface area (Å²) >= 11 is 11.9. The maximum Gasteiger partial charge on any atom is 0.335 e. The summed E-state index contributed by atoms with van der Waals surface area (Å²) in [5.74, 6) is -2.18. The number of halogens is 2. The molecule has 1 heterocycles. The normalized spacial score (nSPS) is 18.5. The number of nitrogens with one attached hydrogen (secondary N) is 1. The summed E-state index contributed by atoms with van der Waals surface area (Å²) in [5, 5.41) is 22.4. The second-order valence-electron chi connectivity index (χ2n) is 6.86. The highest BCUT2D eigenvalue weighted by molar-refractivity contribution is 6.35. The van der Waals surface area contributed by atoms with Crippen molar-refractivity contribution in [2.24, 2.45) is 0 Å². The Balaban J connectivity index is 1.85. The highest BCUT2D eigenvalue weighted by Gasteiger charge is 2.50. The molecule has 3 rings (SSSR count). The summed E-state index contributed by atoms with van der Waals surface area (Å²) in [6.45, 7) is 0.277. The van der Waals surface area contributed by atoms with Crippen molar-refractivity contribution in [2.45, 2.75) is 24.8 Å². The summed E-state index contributed by atoms with van der Waals surface area (Å²) in [5.41, 5.74) is -0.332. The number of carboxylic acids is 2. The molecule has 1 aliphatic heterocycles. The maximum atomic E-state index is 12.9. The van der Waals surface area contributed by atoms with Gasteiger partial charge in [0.25, 0.3) is 0 Å². The molecule has 2 aromatic carbocycles. The van der Waals surface area contributed by atoms with Crippen molar-refractivity contribution >= 4 is 46.9 Å². The standard InChI is InChI=1S/C20H18Cl2N2O5/c21-14-8-15(22)10-16(9-14)23-19(29)24-7-1-6-20(24,18(27)28)11-12-2-4-13(5-3-12)17(25)26/h2-5,8-10H,1,6-7,11H2,(H,23,29)(H,25,26)(H,27,28)/t20-/m1/s1. The molecule has 1 saturated heterocycles. The minimum absolute atomic E-state index is 0.0615. The van der Waals surface area contributed by atoms with Gasteiger partial charge in [-0.2, -0.15) is 0 Å². The van der Waals surface area contributed by atoms with Crippen molar-refractivity contribution in [3.05, 3.63) is 63.6 Å². The fraction of sp³-hybridized carbons (Fsp3) is 0.250. The number of hydrogen-bond donors (Lipinski definition) is 3. The van der Waals surface area contributed by atoms with E-state index in [1.807, 2.05) is 0 Å². The van der Waals surface area contributed by atoms with Crippen molar-refractivity contribution in [1.82, 2.24) is 4.90 Å². The molecule has 29 heavy (non-hydrogen) atoms. The summed E-state index contributed by atoms with van der Waals surface area (Å²) in [6.07, 6.45) is 0.877. The fourth-order valence-corrected chi connectivity index (χ4v) is 4.10. The maximum absolute atomic E-state index is 12.9. The van der Waals surface area contributed by atoms with Gasteiger partial charge in [0.1, 0.15) is 5.54 Å². The minimum Gasteiger partial charge on any atom is -0.479 e. The molecule has 3 N–H and O–H groups in total. The van der Waals surface area contributed by atoms with Gasteiger partial charge in [0, 0.05) is 28.7 Å². The van der Waals surface area contributed by atoms with Crippen LogP contribution in [0, 0.1) is 0 Å². The number of aromatic carboxylic acids is 1. The molecule has 0 aromatic heterocycles. The van der Waals surface area contributed by atoms with Crippen molar-refractivity contribution in [2.75, 3.05) is 11.9 Å². The molecule has 9 heteroatoms. The molecule has 2 aromatic rings. The van der Waals surface area contributed by atoms with E-state index in [4.69, 9.17) is 28.3 Å². The van der Waals surface area contributed by atoms with Crippen molar-refractivity contribution in [3.8, 4) is 0 Å². The fourth-order valence-electron chi connectivity index (χ4n) is 3.58. The van der Waals surface area contributed by atoms with E-state index < -0.39 is 23.5 Å². The number of likely N-dealkylation sites (tertiary alicyclic amines) is 1. The lowest BCUT2D eigenvalue weighted by Crippen LogP contribution is -2.55. The number of anilines is 1. The number of benzene rings is 2. The second kappa shape index (κ2) is 8.31. The van der Waals surface area contributed by atoms with E-state index in [0.29, 0.717) is 27.7 Å². The van der Waals surface area contributed by atoms with E-state index in [9.17, 15) is 19.5 Å². The van der Waals surface area contributed by atoms with Crippen LogP contribution in [0.15, 0.2) is 42.5 Å². The lowest BCUT2D eigenvalue weighted by atomic mass is 9.88. The van der Waals surface area contributed by atoms with Crippen LogP contribution in [-0.2, 0) is 11.2 Å². The third-order valence-electron chi connectivity index (χ3n) is 4.94. The Kier molecular flexibility index (Phi) is 6.00. The number of aliphatic carboxylic acids is 1. The quantitative estimate of drug-likeness (QED) is 0.644. The third-order valence-corrected chi connectivity index (χ3v) is 5.38. The zero-order valence-corrected chi connectivity index (χ0v) is 16.7. The van der Waals surface area contributed by atoms with Gasteiger partial charge in [-0.15, -0.1) is 0 Å². The van der Waals surface area contributed by atoms with Crippen molar-refractivity contribution < 1.29 is 24.6 Å². The number of amides is 2. The van der Waals surface area contributed by atoms with Gasteiger partial charge in [0.2, 0.25) is 0 Å². The lowest BCUT2D eigenvalue weighted by Gasteiger charge is -2.35. The predicted molar refractivity (Wildman–Crippen MR) is 109 cm³/mol. The summed E-state index contributed by atoms with van der Waals surface area (Å²) in [7, 11) is 0. The van der Waals surface area contributed by atoms with E-state index in [1.165, 1.54) is 35.2 Å². The smallest absolute Gasteiger partial charge is 0.335 e. The Morgan fingerprint density at radius 1 is 1.03 bits per heavy atom. The summed E-state index contributed by atoms with van der Waals surface area (Å²) < 4.78 is 0. The Hall–Kier alpha value is -2.77. The summed E-state index contributed by atoms with van der Waals surface area (Å²) in [4.78, 5) is 37.4. The van der Waals surface area contributed by atoms with Crippen LogP contribution in [0.2, 0.25) is 10.0 Å². The van der Waals surface area contributed by atoms with E-state index >= 15 is 0 Å². The lowest BCUT2D eigenvalue weighted by molar-refractivity contribution is -0.148. The molecular weight excluding hydrogens is 419 g/mol. The van der Waals surface area contributed by atoms with Crippen LogP contribution in [0.3, 0.4) is 0 Å². The number of carbonyl (C=O) groups excluding carboxylic acids is 1. The molecule has 0 radical (unpaired) electrons. The largest absolute Gasteiger partial charge is 0.479 e. The van der Waals surface area contributed by atoms with Crippen LogP contribution >= 0.6 is 23.2 Å². The van der Waals surface area contributed by atoms with Crippen LogP contribution in [0.5, 0.6) is 0 Å². The van der Waals surface area contributed by atoms with Crippen LogP contribution in [-0.4, -0.2) is 45.2 Å². The topological polar surface area (TPSA) is 107 Å². The number of nitrogens with zero attached hydrogens (tertiary/aromatic N) is 1. The molecule has 0 saturated carbocycles. The van der Waals surface area contributed by atoms with E-state index in [0.717, 1.165) is 0 Å². The first-order chi connectivity index (χ1) is 13.7. The Labute approximate surface area is 176 Å². The number of carboxylic acid groups (broad SMARTS) is 2. The van der Waals surface area contributed by atoms with Gasteiger partial charge in [0.15, 0.2) is 0 Å². The average Bonchev–Trinajstić information content (AvgIpc) is 3.06. The molecule has 152 valence electrons. The zero-order valence-electron chi connectivity index (χ0n) is 15.2. The molecule has 1 aliphatic rings. The number of carbonyl (C=O) groups is 3. The van der Waals surface area contributed by atoms with Crippen LogP contribution in [0.25, 0.3) is 0 Å². The molecule has 0 spiro atoms. The molecule has 7 nitrogen and oxygen atoms in total. The van der Waals surface area contributed by atoms with Crippen LogP contribution in [0.1, 0.15) is 28.8 Å². The van der Waals surface area contributed by atoms with Gasteiger partial charge in [-0.3, -0.25) is 0 Å². The second-order valence-corrected chi connectivity index (χ2v) is 7.73. The van der Waals surface area contributed by atoms with E-state index in [2.05, 4.69) is 5.32 Å². The van der Waals surface area contributed by atoms with Gasteiger partial charge in [0.05, 0.1) is 5.56 Å². The third kappa shape index (κ3) is 4.46. The number of rotatable bonds is 5. The molecular formula is C20H18Cl2N2O5. The molecule has 0 bridgehead atoms. The Bertz CT molecular complexity index is 944. The molecule has 1 atom stereocenters. The molecule has 0 unspecified atom stereocenters. The predicted octanol–water partition coefficient (Wildman–Crippen LogP) is 4.39. The molecule has 2 amide bonds. The molecule has 0 aliphatic carbocycles. The SMILES string of the molecule is O=C(O)c1ccc(C[C@@]2(C(=O)O)CCCN2C(=O)Nc2cc(Cl)cc(Cl)c2)cc1. The van der Waals surface area contributed by atoms with Crippen LogP contribution in [0.4, 0.5) is 10.5 Å². The summed E-state index contributed by atoms with van der Waals surface area (Å²) in [6, 6.07) is 9.98. The number of urea groups is 1. The Morgan fingerprint density at radius 3 is 2.21 bits per heavy atom. The van der Waals surface area contributed by atoms with Gasteiger partial charge in [-0.25, -0.2) is 14.4 Å². The first kappa shape index (κ1) is 21.0. The average molecular weight is 437 g/mol. The first-order valence-corrected chi connectivity index (χ1v) is 9.57. The zero-order chi connectivity index (χ0) is 21.2. The first-order valence-electron chi connectivity index (χ1n) is 8.82. The molecule has 1 fully saturated rings. The highest BCUT2D eigenvalue weighted by atomic mass is 35.5. The van der Waals surface area contributed by atoms with Crippen LogP contribution < -0.4 is 5.32 Å². The highest BCUT2D eigenvalue weighted by Crippen LogP contribution is 2.34. The van der Waals surface area contributed by atoms with E-state index in [1.54, 1.807) is 12.1 Å². The van der Waals surface area contributed by atoms with Gasteiger partial charge in [-0.1, -0.05) is 35.3 Å². The van der Waals surface area contributed by atoms with E-state index in [-0.39, 0.29) is 24.9 Å². The van der Waals surface area contributed by atoms with Crippen molar-refractivity contribution in [1.29, 1.82) is 0 Å². The van der Waals surface area contributed by atoms with Gasteiger partial charge < -0.3 is 20.4 Å². The number of hydrogen-bond acceptors (Lipinski definition) is 3. The Morgan fingerprint density at radius 2 is 1.66 bits per heavy atom. The van der Waals surface area contributed by atoms with Crippen molar-refractivity contribution in [3.63, 3.8) is 0 Å². The minimum atomic E-state index is -1.43. The van der Waals surface area contributed by atoms with Gasteiger partial charge >= 0.3 is 18.0 Å².